The van der Waals surface area contributed by atoms with Gasteiger partial charge in [-0.15, -0.1) is 0 Å². The van der Waals surface area contributed by atoms with Crippen molar-refractivity contribution >= 4 is 0 Å². The second-order valence-corrected chi connectivity index (χ2v) is 6.25. The summed E-state index contributed by atoms with van der Waals surface area (Å²) in [6.07, 6.45) is 3.99. The van der Waals surface area contributed by atoms with Gasteiger partial charge in [-0.3, -0.25) is 0 Å². The van der Waals surface area contributed by atoms with Crippen LogP contribution in [-0.4, -0.2) is 6.04 Å². The molecule has 0 radical (unpaired) electrons. The van der Waals surface area contributed by atoms with Crippen molar-refractivity contribution in [2.45, 2.75) is 34.5 Å². The van der Waals surface area contributed by atoms with Crippen LogP contribution in [0.1, 0.15) is 26.2 Å². The van der Waals surface area contributed by atoms with Crippen molar-refractivity contribution in [2.24, 2.45) is 5.73 Å². The summed E-state index contributed by atoms with van der Waals surface area (Å²) >= 11 is 1.33. The van der Waals surface area contributed by atoms with E-state index < -0.39 is 0 Å². The van der Waals surface area contributed by atoms with E-state index in [9.17, 15) is 0 Å². The summed E-state index contributed by atoms with van der Waals surface area (Å²) < 4.78 is 0.561. The first-order valence-electron chi connectivity index (χ1n) is 3.17. The van der Waals surface area contributed by atoms with E-state index in [2.05, 4.69) is 6.92 Å². The van der Waals surface area contributed by atoms with Crippen LogP contribution in [0.5, 0.6) is 0 Å². The predicted octanol–water partition coefficient (Wildman–Crippen LogP) is 1.22. The molecule has 44 valence electrons. The molecule has 2 heteroatoms. The molecule has 1 aliphatic rings. The molecular weight excluding hydrogens is 175 g/mol. The fourth-order valence-corrected chi connectivity index (χ4v) is 2.13. The molecule has 1 nitrogen and oxygen atoms in total. The Balaban J connectivity index is 2.54. The standard InChI is InChI=1S/C6H12N.Y/c1-5-3-2-4-6(5)7;/h6H,2-4,7H2,1H3;/t6-;/m1./s1. The molecule has 0 saturated heterocycles. The minimum absolute atomic E-state index is 0.518. The Bertz CT molecular complexity index is 90.5. The summed E-state index contributed by atoms with van der Waals surface area (Å²) in [7, 11) is 0. The molecule has 1 rings (SSSR count). The van der Waals surface area contributed by atoms with Gasteiger partial charge < -0.3 is 0 Å². The molecule has 0 bridgehead atoms. The van der Waals surface area contributed by atoms with Gasteiger partial charge in [0.2, 0.25) is 0 Å². The van der Waals surface area contributed by atoms with Gasteiger partial charge >= 0.3 is 71.1 Å². The normalized spacial score (nSPS) is 47.4. The van der Waals surface area contributed by atoms with Crippen molar-refractivity contribution in [3.05, 3.63) is 0 Å². The van der Waals surface area contributed by atoms with Gasteiger partial charge in [0.1, 0.15) is 0 Å². The number of hydrogen-bond acceptors (Lipinski definition) is 1. The summed E-state index contributed by atoms with van der Waals surface area (Å²) in [5, 5.41) is 0. The van der Waals surface area contributed by atoms with Crippen LogP contribution in [0.3, 0.4) is 0 Å². The molecule has 0 heterocycles. The van der Waals surface area contributed by atoms with Crippen LogP contribution in [0.4, 0.5) is 0 Å². The van der Waals surface area contributed by atoms with Crippen LogP contribution in [0.15, 0.2) is 0 Å². The first-order chi connectivity index (χ1) is 3.63. The first kappa shape index (κ1) is 7.17. The first-order valence-corrected chi connectivity index (χ1v) is 4.59. The average molecular weight is 187 g/mol. The quantitative estimate of drug-likeness (QED) is 0.606. The van der Waals surface area contributed by atoms with E-state index in [1.54, 1.807) is 0 Å². The zero-order valence-electron chi connectivity index (χ0n) is 5.35. The number of nitrogens with two attached hydrogens (primary N) is 1. The molecule has 1 fully saturated rings. The van der Waals surface area contributed by atoms with Gasteiger partial charge in [-0.2, -0.15) is 0 Å². The van der Waals surface area contributed by atoms with Crippen LogP contribution >= 0.6 is 0 Å². The molecule has 2 atom stereocenters. The van der Waals surface area contributed by atoms with Gasteiger partial charge in [0.15, 0.2) is 0 Å². The second-order valence-electron chi connectivity index (χ2n) is 3.00. The van der Waals surface area contributed by atoms with Gasteiger partial charge in [0.25, 0.3) is 0 Å². The molecule has 1 unspecified atom stereocenters. The van der Waals surface area contributed by atoms with E-state index in [-0.39, 0.29) is 0 Å². The van der Waals surface area contributed by atoms with Gasteiger partial charge in [0, 0.05) is 0 Å². The van der Waals surface area contributed by atoms with E-state index in [0.717, 1.165) is 0 Å². The van der Waals surface area contributed by atoms with Crippen LogP contribution in [0.25, 0.3) is 0 Å². The Labute approximate surface area is 70.8 Å². The van der Waals surface area contributed by atoms with Crippen molar-refractivity contribution in [1.82, 2.24) is 0 Å². The molecule has 0 aromatic rings. The monoisotopic (exact) mass is 187 g/mol. The third-order valence-corrected chi connectivity index (χ3v) is 3.84. The third kappa shape index (κ3) is 1.31. The van der Waals surface area contributed by atoms with Crippen molar-refractivity contribution < 1.29 is 31.0 Å². The van der Waals surface area contributed by atoms with Crippen molar-refractivity contribution in [2.75, 3.05) is 0 Å². The maximum atomic E-state index is 5.84. The van der Waals surface area contributed by atoms with E-state index in [0.29, 0.717) is 8.27 Å². The fraction of sp³-hybridized carbons (Fsp3) is 1.00. The molecule has 0 spiro atoms. The van der Waals surface area contributed by atoms with Crippen LogP contribution in [0.2, 0.25) is 2.23 Å². The SMILES string of the molecule is C[C]1([Y])CCC[C@H]1N. The summed E-state index contributed by atoms with van der Waals surface area (Å²) in [6.45, 7) is 2.31. The van der Waals surface area contributed by atoms with Crippen LogP contribution < -0.4 is 5.73 Å². The van der Waals surface area contributed by atoms with E-state index in [1.807, 2.05) is 0 Å². The van der Waals surface area contributed by atoms with Gasteiger partial charge in [-0.1, -0.05) is 0 Å². The van der Waals surface area contributed by atoms with Gasteiger partial charge in [-0.05, 0) is 0 Å². The maximum absolute atomic E-state index is 5.84. The fourth-order valence-electron chi connectivity index (χ4n) is 1.22. The zero-order chi connectivity index (χ0) is 6.20. The average Bonchev–Trinajstić information content (AvgIpc) is 1.86. The molecule has 0 amide bonds. The Morgan fingerprint density at radius 3 is 2.50 bits per heavy atom. The Morgan fingerprint density at radius 2 is 2.38 bits per heavy atom. The van der Waals surface area contributed by atoms with Gasteiger partial charge in [-0.25, -0.2) is 0 Å². The van der Waals surface area contributed by atoms with Crippen molar-refractivity contribution in [1.29, 1.82) is 0 Å². The summed E-state index contributed by atoms with van der Waals surface area (Å²) in [5.74, 6) is 0. The van der Waals surface area contributed by atoms with E-state index >= 15 is 0 Å². The van der Waals surface area contributed by atoms with Crippen molar-refractivity contribution in [3.63, 3.8) is 0 Å². The minimum atomic E-state index is 0.518. The third-order valence-electron chi connectivity index (χ3n) is 2.08. The Morgan fingerprint density at radius 1 is 1.75 bits per heavy atom. The van der Waals surface area contributed by atoms with Crippen LogP contribution in [0, 0.1) is 0 Å². The second kappa shape index (κ2) is 2.36. The molecule has 0 aromatic carbocycles. The summed E-state index contributed by atoms with van der Waals surface area (Å²) in [4.78, 5) is 0. The molecule has 8 heavy (non-hydrogen) atoms. The summed E-state index contributed by atoms with van der Waals surface area (Å²) in [6, 6.07) is 0.518. The zero-order valence-corrected chi connectivity index (χ0v) is 8.19. The predicted molar refractivity (Wildman–Crippen MR) is 30.2 cm³/mol. The molecule has 2 N–H and O–H groups in total. The van der Waals surface area contributed by atoms with Gasteiger partial charge in [0.05, 0.1) is 0 Å². The number of rotatable bonds is 0. The molecule has 0 aromatic heterocycles. The Hall–Kier alpha value is 1.06. The molecule has 1 saturated carbocycles. The van der Waals surface area contributed by atoms with E-state index in [1.165, 1.54) is 50.2 Å². The molecular formula is C6H12NY. The van der Waals surface area contributed by atoms with E-state index in [4.69, 9.17) is 5.73 Å². The molecule has 0 aliphatic heterocycles. The Kier molecular flexibility index (Phi) is 2.11. The van der Waals surface area contributed by atoms with Crippen molar-refractivity contribution in [3.8, 4) is 0 Å². The topological polar surface area (TPSA) is 26.0 Å². The van der Waals surface area contributed by atoms with Crippen LogP contribution in [-0.2, 0) is 31.0 Å². The molecule has 1 aliphatic carbocycles. The summed E-state index contributed by atoms with van der Waals surface area (Å²) in [5.41, 5.74) is 5.84. The number of hydrogen-bond donors (Lipinski definition) is 1.